The van der Waals surface area contributed by atoms with Crippen LogP contribution in [0.4, 0.5) is 0 Å². The number of nitrogens with zero attached hydrogens (tertiary/aromatic N) is 1. The van der Waals surface area contributed by atoms with E-state index in [2.05, 4.69) is 33.0 Å². The second-order valence-electron chi connectivity index (χ2n) is 5.06. The first-order valence-electron chi connectivity index (χ1n) is 7.13. The Morgan fingerprint density at radius 3 is 2.57 bits per heavy atom. The second kappa shape index (κ2) is 7.07. The van der Waals surface area contributed by atoms with Crippen molar-refractivity contribution in [2.75, 3.05) is 26.3 Å². The quantitative estimate of drug-likeness (QED) is 0.831. The first-order chi connectivity index (χ1) is 10.3. The molecule has 0 bridgehead atoms. The van der Waals surface area contributed by atoms with E-state index >= 15 is 0 Å². The molecule has 3 rings (SSSR count). The van der Waals surface area contributed by atoms with Gasteiger partial charge in [-0.1, -0.05) is 40.2 Å². The Balaban J connectivity index is 1.79. The third-order valence-electron chi connectivity index (χ3n) is 3.50. The summed E-state index contributed by atoms with van der Waals surface area (Å²) in [5.41, 5.74) is 1.20. The third-order valence-corrected chi connectivity index (χ3v) is 3.99. The van der Waals surface area contributed by atoms with Gasteiger partial charge in [-0.3, -0.25) is 4.90 Å². The SMILES string of the molecule is Brc1ccc(CN2CCOCC2)c(Oc2ccccc2)c1. The molecule has 2 aromatic rings. The van der Waals surface area contributed by atoms with Crippen molar-refractivity contribution in [1.82, 2.24) is 4.90 Å². The predicted molar refractivity (Wildman–Crippen MR) is 86.8 cm³/mol. The molecule has 1 heterocycles. The van der Waals surface area contributed by atoms with Crippen molar-refractivity contribution >= 4 is 15.9 Å². The molecule has 4 heteroatoms. The molecule has 0 amide bonds. The molecule has 0 aliphatic carbocycles. The molecule has 0 radical (unpaired) electrons. The van der Waals surface area contributed by atoms with Gasteiger partial charge in [0, 0.05) is 29.7 Å². The van der Waals surface area contributed by atoms with E-state index < -0.39 is 0 Å². The molecule has 110 valence electrons. The maximum atomic E-state index is 6.04. The number of hydrogen-bond acceptors (Lipinski definition) is 3. The van der Waals surface area contributed by atoms with Crippen LogP contribution in [-0.2, 0) is 11.3 Å². The smallest absolute Gasteiger partial charge is 0.133 e. The van der Waals surface area contributed by atoms with Crippen LogP contribution in [-0.4, -0.2) is 31.2 Å². The largest absolute Gasteiger partial charge is 0.457 e. The number of hydrogen-bond donors (Lipinski definition) is 0. The third kappa shape index (κ3) is 4.06. The van der Waals surface area contributed by atoms with Crippen molar-refractivity contribution in [3.05, 3.63) is 58.6 Å². The first-order valence-corrected chi connectivity index (χ1v) is 7.92. The van der Waals surface area contributed by atoms with Crippen LogP contribution >= 0.6 is 15.9 Å². The highest BCUT2D eigenvalue weighted by molar-refractivity contribution is 9.10. The fourth-order valence-electron chi connectivity index (χ4n) is 2.37. The molecule has 2 aromatic carbocycles. The molecule has 0 N–H and O–H groups in total. The second-order valence-corrected chi connectivity index (χ2v) is 5.97. The summed E-state index contributed by atoms with van der Waals surface area (Å²) < 4.78 is 12.5. The minimum Gasteiger partial charge on any atom is -0.457 e. The highest BCUT2D eigenvalue weighted by atomic mass is 79.9. The fraction of sp³-hybridized carbons (Fsp3) is 0.294. The van der Waals surface area contributed by atoms with Crippen LogP contribution in [0.5, 0.6) is 11.5 Å². The van der Waals surface area contributed by atoms with E-state index in [1.165, 1.54) is 5.56 Å². The van der Waals surface area contributed by atoms with Gasteiger partial charge in [-0.25, -0.2) is 0 Å². The summed E-state index contributed by atoms with van der Waals surface area (Å²) in [4.78, 5) is 2.39. The molecule has 0 unspecified atom stereocenters. The van der Waals surface area contributed by atoms with E-state index in [1.807, 2.05) is 36.4 Å². The fourth-order valence-corrected chi connectivity index (χ4v) is 2.71. The van der Waals surface area contributed by atoms with Gasteiger partial charge in [0.05, 0.1) is 13.2 Å². The first kappa shape index (κ1) is 14.6. The molecule has 3 nitrogen and oxygen atoms in total. The Labute approximate surface area is 133 Å². The van der Waals surface area contributed by atoms with Crippen molar-refractivity contribution in [2.24, 2.45) is 0 Å². The number of morpholine rings is 1. The van der Waals surface area contributed by atoms with Gasteiger partial charge in [0.2, 0.25) is 0 Å². The van der Waals surface area contributed by atoms with E-state index in [9.17, 15) is 0 Å². The Morgan fingerprint density at radius 2 is 1.81 bits per heavy atom. The predicted octanol–water partition coefficient (Wildman–Crippen LogP) is 4.07. The van der Waals surface area contributed by atoms with Gasteiger partial charge < -0.3 is 9.47 Å². The van der Waals surface area contributed by atoms with Crippen molar-refractivity contribution in [1.29, 1.82) is 0 Å². The van der Waals surface area contributed by atoms with Crippen molar-refractivity contribution in [2.45, 2.75) is 6.54 Å². The minimum absolute atomic E-state index is 0.811. The van der Waals surface area contributed by atoms with Gasteiger partial charge >= 0.3 is 0 Å². The summed E-state index contributed by atoms with van der Waals surface area (Å²) in [6, 6.07) is 16.1. The van der Waals surface area contributed by atoms with E-state index in [0.717, 1.165) is 48.8 Å². The molecule has 0 atom stereocenters. The van der Waals surface area contributed by atoms with Gasteiger partial charge in [0.15, 0.2) is 0 Å². The normalized spacial score (nSPS) is 15.9. The van der Waals surface area contributed by atoms with Gasteiger partial charge in [-0.15, -0.1) is 0 Å². The Bertz CT molecular complexity index is 583. The molecule has 1 aliphatic heterocycles. The van der Waals surface area contributed by atoms with E-state index in [1.54, 1.807) is 0 Å². The van der Waals surface area contributed by atoms with Crippen LogP contribution in [0.2, 0.25) is 0 Å². The van der Waals surface area contributed by atoms with Gasteiger partial charge in [-0.2, -0.15) is 0 Å². The zero-order chi connectivity index (χ0) is 14.5. The molecular weight excluding hydrogens is 330 g/mol. The monoisotopic (exact) mass is 347 g/mol. The lowest BCUT2D eigenvalue weighted by atomic mass is 10.2. The summed E-state index contributed by atoms with van der Waals surface area (Å²) in [6.07, 6.45) is 0. The highest BCUT2D eigenvalue weighted by Gasteiger charge is 2.14. The van der Waals surface area contributed by atoms with E-state index in [-0.39, 0.29) is 0 Å². The Hall–Kier alpha value is -1.36. The topological polar surface area (TPSA) is 21.7 Å². The molecule has 0 spiro atoms. The van der Waals surface area contributed by atoms with Crippen LogP contribution in [0.15, 0.2) is 53.0 Å². The number of ether oxygens (including phenoxy) is 2. The molecule has 1 fully saturated rings. The Kier molecular flexibility index (Phi) is 4.91. The standard InChI is InChI=1S/C17H18BrNO2/c18-15-7-6-14(13-19-8-10-20-11-9-19)17(12-15)21-16-4-2-1-3-5-16/h1-7,12H,8-11,13H2. The highest BCUT2D eigenvalue weighted by Crippen LogP contribution is 2.29. The number of benzene rings is 2. The van der Waals surface area contributed by atoms with Crippen LogP contribution in [0, 0.1) is 0 Å². The zero-order valence-corrected chi connectivity index (χ0v) is 13.4. The average Bonchev–Trinajstić information content (AvgIpc) is 2.52. The summed E-state index contributed by atoms with van der Waals surface area (Å²) in [5.74, 6) is 1.76. The molecule has 21 heavy (non-hydrogen) atoms. The molecule has 1 aliphatic rings. The molecule has 1 saturated heterocycles. The Morgan fingerprint density at radius 1 is 1.05 bits per heavy atom. The van der Waals surface area contributed by atoms with Gasteiger partial charge in [-0.05, 0) is 24.3 Å². The maximum Gasteiger partial charge on any atom is 0.133 e. The maximum absolute atomic E-state index is 6.04. The van der Waals surface area contributed by atoms with Crippen molar-refractivity contribution in [3.8, 4) is 11.5 Å². The molecular formula is C17H18BrNO2. The van der Waals surface area contributed by atoms with Crippen LogP contribution in [0.3, 0.4) is 0 Å². The summed E-state index contributed by atoms with van der Waals surface area (Å²) in [7, 11) is 0. The average molecular weight is 348 g/mol. The minimum atomic E-state index is 0.811. The lowest BCUT2D eigenvalue weighted by molar-refractivity contribution is 0.0339. The van der Waals surface area contributed by atoms with E-state index in [0.29, 0.717) is 0 Å². The van der Waals surface area contributed by atoms with Crippen molar-refractivity contribution < 1.29 is 9.47 Å². The lowest BCUT2D eigenvalue weighted by Gasteiger charge is -2.27. The number of para-hydroxylation sites is 1. The van der Waals surface area contributed by atoms with Crippen LogP contribution in [0.25, 0.3) is 0 Å². The van der Waals surface area contributed by atoms with Crippen LogP contribution < -0.4 is 4.74 Å². The van der Waals surface area contributed by atoms with Crippen LogP contribution in [0.1, 0.15) is 5.56 Å². The summed E-state index contributed by atoms with van der Waals surface area (Å²) in [5, 5.41) is 0. The lowest BCUT2D eigenvalue weighted by Crippen LogP contribution is -2.35. The molecule has 0 saturated carbocycles. The number of rotatable bonds is 4. The summed E-state index contributed by atoms with van der Waals surface area (Å²) >= 11 is 3.52. The van der Waals surface area contributed by atoms with Gasteiger partial charge in [0.25, 0.3) is 0 Å². The molecule has 0 aromatic heterocycles. The van der Waals surface area contributed by atoms with Crippen molar-refractivity contribution in [3.63, 3.8) is 0 Å². The van der Waals surface area contributed by atoms with Gasteiger partial charge in [0.1, 0.15) is 11.5 Å². The zero-order valence-electron chi connectivity index (χ0n) is 11.8. The number of halogens is 1. The summed E-state index contributed by atoms with van der Waals surface area (Å²) in [6.45, 7) is 4.46. The van der Waals surface area contributed by atoms with E-state index in [4.69, 9.17) is 9.47 Å².